The molecule has 0 radical (unpaired) electrons. The number of allylic oxidation sites excluding steroid dienone is 6. The molecule has 0 spiro atoms. The number of ketones is 3. The SMILES string of the molecule is CO[C@H]1C[C@@H]2CC[C@@H](C)[C@@](O)(O2)C(=O)C(=O)N2CCCC[C@H]2C(=O)O[C@H]([C@H](C)C[C@@H]2CC[C@@H](OCCO)[C@H](OC)C2)CC(=O)/C(C)=C\C(C)[C@@H](O)[C@@H](OC)C(=O)[C@H](C)C[C@H](C)C=CC=CC=C1C. The van der Waals surface area contributed by atoms with Gasteiger partial charge in [-0.15, -0.1) is 0 Å². The van der Waals surface area contributed by atoms with Crippen LogP contribution in [0.1, 0.15) is 126 Å². The molecule has 1 aliphatic carbocycles. The van der Waals surface area contributed by atoms with Crippen LogP contribution in [0.15, 0.2) is 47.6 Å². The summed E-state index contributed by atoms with van der Waals surface area (Å²) >= 11 is 0. The number of amides is 1. The van der Waals surface area contributed by atoms with Crippen LogP contribution in [0.2, 0.25) is 0 Å². The number of ether oxygens (including phenoxy) is 6. The number of esters is 1. The van der Waals surface area contributed by atoms with Crippen LogP contribution in [-0.4, -0.2) is 145 Å². The zero-order valence-corrected chi connectivity index (χ0v) is 42.4. The number of piperidine rings is 1. The number of carbonyl (C=O) groups is 5. The summed E-state index contributed by atoms with van der Waals surface area (Å²) in [6.45, 7) is 12.9. The second kappa shape index (κ2) is 27.3. The third-order valence-electron chi connectivity index (χ3n) is 14.9. The molecular weight excluding hydrogens is 875 g/mol. The molecule has 4 rings (SSSR count). The number of hydrogen-bond acceptors (Lipinski definition) is 14. The van der Waals surface area contributed by atoms with Gasteiger partial charge >= 0.3 is 5.97 Å². The van der Waals surface area contributed by atoms with E-state index in [2.05, 4.69) is 0 Å². The van der Waals surface area contributed by atoms with Crippen molar-refractivity contribution >= 4 is 29.2 Å². The number of carbonyl (C=O) groups excluding carboxylic acids is 5. The van der Waals surface area contributed by atoms with Gasteiger partial charge in [0.2, 0.25) is 5.79 Å². The summed E-state index contributed by atoms with van der Waals surface area (Å²) in [5, 5.41) is 32.8. The molecule has 0 aromatic rings. The fourth-order valence-corrected chi connectivity index (χ4v) is 10.5. The summed E-state index contributed by atoms with van der Waals surface area (Å²) in [7, 11) is 4.59. The number of hydrogen-bond donors (Lipinski definition) is 3. The summed E-state index contributed by atoms with van der Waals surface area (Å²) in [5.41, 5.74) is 1.19. The number of methoxy groups -OCH3 is 3. The van der Waals surface area contributed by atoms with Gasteiger partial charge in [-0.05, 0) is 107 Å². The second-order valence-corrected chi connectivity index (χ2v) is 20.2. The minimum atomic E-state index is -2.43. The Morgan fingerprint density at radius 3 is 2.28 bits per heavy atom. The molecule has 3 heterocycles. The number of Topliss-reactive ketones (excluding diaryl/α,β-unsaturated/α-hetero) is 3. The van der Waals surface area contributed by atoms with E-state index in [1.165, 1.54) is 12.0 Å². The molecule has 0 aromatic heterocycles. The quantitative estimate of drug-likeness (QED) is 0.174. The van der Waals surface area contributed by atoms with E-state index in [-0.39, 0.29) is 74.1 Å². The summed E-state index contributed by atoms with van der Waals surface area (Å²) in [6.07, 6.45) is 12.0. The fraction of sp³-hybridized carbons (Fsp3) is 0.755. The Balaban J connectivity index is 1.70. The van der Waals surface area contributed by atoms with Crippen LogP contribution >= 0.6 is 0 Å². The molecule has 3 fully saturated rings. The number of aliphatic hydroxyl groups is 3. The van der Waals surface area contributed by atoms with Gasteiger partial charge in [0.1, 0.15) is 18.2 Å². The molecule has 15 heteroatoms. The summed E-state index contributed by atoms with van der Waals surface area (Å²) < 4.78 is 35.6. The van der Waals surface area contributed by atoms with Crippen molar-refractivity contribution in [2.24, 2.45) is 35.5 Å². The highest BCUT2D eigenvalue weighted by molar-refractivity contribution is 6.39. The van der Waals surface area contributed by atoms with Crippen LogP contribution in [0, 0.1) is 35.5 Å². The van der Waals surface area contributed by atoms with Crippen molar-refractivity contribution in [3.63, 3.8) is 0 Å². The van der Waals surface area contributed by atoms with Crippen molar-refractivity contribution in [2.75, 3.05) is 41.1 Å². The van der Waals surface area contributed by atoms with Gasteiger partial charge in [-0.25, -0.2) is 4.79 Å². The maximum Gasteiger partial charge on any atom is 0.329 e. The van der Waals surface area contributed by atoms with E-state index in [0.29, 0.717) is 63.4 Å². The van der Waals surface area contributed by atoms with E-state index >= 15 is 0 Å². The predicted molar refractivity (Wildman–Crippen MR) is 256 cm³/mol. The fourth-order valence-electron chi connectivity index (χ4n) is 10.5. The van der Waals surface area contributed by atoms with Crippen molar-refractivity contribution in [1.82, 2.24) is 4.90 Å². The van der Waals surface area contributed by atoms with Crippen LogP contribution in [-0.2, 0) is 52.4 Å². The smallest absolute Gasteiger partial charge is 0.329 e. The molecule has 68 heavy (non-hydrogen) atoms. The lowest BCUT2D eigenvalue weighted by molar-refractivity contribution is -0.265. The maximum atomic E-state index is 14.5. The van der Waals surface area contributed by atoms with Gasteiger partial charge in [0.05, 0.1) is 43.7 Å². The van der Waals surface area contributed by atoms with E-state index in [1.807, 2.05) is 58.1 Å². The first kappa shape index (κ1) is 57.2. The van der Waals surface area contributed by atoms with Gasteiger partial charge in [0.25, 0.3) is 11.7 Å². The highest BCUT2D eigenvalue weighted by Gasteiger charge is 2.53. The Kier molecular flexibility index (Phi) is 22.9. The Bertz CT molecular complexity index is 1810. The number of fused-ring (bicyclic) bond motifs is 3. The predicted octanol–water partition coefficient (Wildman–Crippen LogP) is 6.20. The van der Waals surface area contributed by atoms with Crippen LogP contribution in [0.3, 0.4) is 0 Å². The van der Waals surface area contributed by atoms with E-state index in [1.54, 1.807) is 41.1 Å². The topological polar surface area (TPSA) is 205 Å². The molecule has 1 unspecified atom stereocenters. The van der Waals surface area contributed by atoms with Gasteiger partial charge in [-0.2, -0.15) is 0 Å². The molecule has 1 saturated carbocycles. The van der Waals surface area contributed by atoms with Gasteiger partial charge in [-0.1, -0.05) is 71.1 Å². The van der Waals surface area contributed by atoms with E-state index < -0.39 is 77.8 Å². The highest BCUT2D eigenvalue weighted by Crippen LogP contribution is 2.38. The van der Waals surface area contributed by atoms with Crippen LogP contribution in [0.4, 0.5) is 0 Å². The van der Waals surface area contributed by atoms with Crippen molar-refractivity contribution in [1.29, 1.82) is 0 Å². The first-order valence-corrected chi connectivity index (χ1v) is 25.0. The molecule has 384 valence electrons. The number of cyclic esters (lactones) is 1. The molecule has 15 atom stereocenters. The van der Waals surface area contributed by atoms with Gasteiger partial charge < -0.3 is 48.6 Å². The third-order valence-corrected chi connectivity index (χ3v) is 14.9. The molecular formula is C53H83NO14. The average molecular weight is 958 g/mol. The van der Waals surface area contributed by atoms with Crippen LogP contribution in [0.25, 0.3) is 0 Å². The van der Waals surface area contributed by atoms with Crippen molar-refractivity contribution in [3.8, 4) is 0 Å². The van der Waals surface area contributed by atoms with Crippen molar-refractivity contribution in [3.05, 3.63) is 47.6 Å². The zero-order valence-electron chi connectivity index (χ0n) is 42.4. The minimum Gasteiger partial charge on any atom is -0.460 e. The lowest BCUT2D eigenvalue weighted by atomic mass is 9.78. The molecule has 4 aliphatic rings. The average Bonchev–Trinajstić information content (AvgIpc) is 3.32. The van der Waals surface area contributed by atoms with Crippen molar-refractivity contribution in [2.45, 2.75) is 180 Å². The summed E-state index contributed by atoms with van der Waals surface area (Å²) in [4.78, 5) is 72.1. The minimum absolute atomic E-state index is 0.0185. The molecule has 3 aliphatic heterocycles. The van der Waals surface area contributed by atoms with E-state index in [4.69, 9.17) is 28.4 Å². The van der Waals surface area contributed by atoms with Crippen LogP contribution < -0.4 is 0 Å². The highest BCUT2D eigenvalue weighted by atomic mass is 16.6. The number of rotatable bonds is 9. The van der Waals surface area contributed by atoms with Gasteiger partial charge in [-0.3, -0.25) is 19.2 Å². The molecule has 15 nitrogen and oxygen atoms in total. The molecule has 0 aromatic carbocycles. The van der Waals surface area contributed by atoms with Gasteiger partial charge in [0, 0.05) is 58.5 Å². The zero-order chi connectivity index (χ0) is 50.3. The Morgan fingerprint density at radius 2 is 1.60 bits per heavy atom. The van der Waals surface area contributed by atoms with Crippen molar-refractivity contribution < 1.29 is 67.7 Å². The Hall–Kier alpha value is -3.41. The van der Waals surface area contributed by atoms with Crippen LogP contribution in [0.5, 0.6) is 0 Å². The lowest BCUT2D eigenvalue weighted by Crippen LogP contribution is -2.61. The first-order chi connectivity index (χ1) is 32.3. The summed E-state index contributed by atoms with van der Waals surface area (Å²) in [5.74, 6) is -7.94. The standard InChI is InChI=1S/C53H83NO14/c1-32-16-12-11-13-17-33(2)44(63-8)30-40-21-19-38(7)53(62,68-40)50(59)51(60)54-23-15-14-18-41(54)52(61)67-45(35(4)28-39-20-22-43(66-25-24-55)46(29-39)64-9)31-42(56)34(3)27-37(6)48(58)49(65-10)47(57)36(5)26-32/h11-13,16-17,27,32,35-41,43-46,48-49,55,58,62H,14-15,18-26,28-31H2,1-10H3/b13-11?,16-12?,33-17?,34-27-/t32-,35-,36-,37?,38-,39+,40+,41+,43-,44+,45+,46-,48-,49+,53-/m1/s1. The third kappa shape index (κ3) is 15.3. The number of nitrogens with zero attached hydrogens (tertiary/aromatic N) is 1. The van der Waals surface area contributed by atoms with E-state index in [9.17, 15) is 39.3 Å². The molecule has 2 bridgehead atoms. The lowest BCUT2D eigenvalue weighted by Gasteiger charge is -2.42. The molecule has 3 N–H and O–H groups in total. The maximum absolute atomic E-state index is 14.5. The second-order valence-electron chi connectivity index (χ2n) is 20.2. The largest absolute Gasteiger partial charge is 0.460 e. The Morgan fingerprint density at radius 1 is 0.868 bits per heavy atom. The monoisotopic (exact) mass is 958 g/mol. The summed E-state index contributed by atoms with van der Waals surface area (Å²) in [6, 6.07) is -1.15. The van der Waals surface area contributed by atoms with E-state index in [0.717, 1.165) is 12.0 Å². The molecule has 1 amide bonds. The molecule has 2 saturated heterocycles. The normalized spacial score (nSPS) is 37.5. The number of aliphatic hydroxyl groups excluding tert-OH is 2. The first-order valence-electron chi connectivity index (χ1n) is 25.0. The van der Waals surface area contributed by atoms with Gasteiger partial charge in [0.15, 0.2) is 11.6 Å². The Labute approximate surface area is 405 Å².